The summed E-state index contributed by atoms with van der Waals surface area (Å²) in [5, 5.41) is 0. The minimum Gasteiger partial charge on any atom is -0.335 e. The van der Waals surface area contributed by atoms with E-state index in [1.54, 1.807) is 0 Å². The summed E-state index contributed by atoms with van der Waals surface area (Å²) in [5.74, 6) is 0.146. The molecule has 136 valence electrons. The van der Waals surface area contributed by atoms with E-state index in [1.165, 1.54) is 0 Å². The third-order valence-corrected chi connectivity index (χ3v) is 8.28. The Morgan fingerprint density at radius 1 is 0.667 bits per heavy atom. The average Bonchev–Trinajstić information content (AvgIpc) is 2.40. The molecule has 0 aromatic heterocycles. The second-order valence-corrected chi connectivity index (χ2v) is 10.6. The average molecular weight is 335 g/mol. The summed E-state index contributed by atoms with van der Waals surface area (Å²) in [6, 6.07) is 0. The summed E-state index contributed by atoms with van der Waals surface area (Å²) in [7, 11) is 0. The van der Waals surface area contributed by atoms with Gasteiger partial charge in [0, 0.05) is 35.0 Å². The van der Waals surface area contributed by atoms with Gasteiger partial charge in [-0.1, -0.05) is 34.1 Å². The highest BCUT2D eigenvalue weighted by Crippen LogP contribution is 2.55. The van der Waals surface area contributed by atoms with Crippen LogP contribution in [-0.4, -0.2) is 45.8 Å². The molecular formula is C20H34N2O2. The van der Waals surface area contributed by atoms with Gasteiger partial charge in [-0.2, -0.15) is 0 Å². The molecule has 4 heteroatoms. The smallest absolute Gasteiger partial charge is 0.238 e. The maximum absolute atomic E-state index is 13.4. The molecule has 0 spiro atoms. The van der Waals surface area contributed by atoms with Gasteiger partial charge in [-0.25, -0.2) is 0 Å². The van der Waals surface area contributed by atoms with Crippen LogP contribution in [0.2, 0.25) is 0 Å². The predicted molar refractivity (Wildman–Crippen MR) is 95.4 cm³/mol. The molecule has 2 saturated heterocycles. The van der Waals surface area contributed by atoms with Gasteiger partial charge in [-0.15, -0.1) is 0 Å². The van der Waals surface area contributed by atoms with Gasteiger partial charge in [0.05, 0.1) is 0 Å². The first-order chi connectivity index (χ1) is 10.7. The minimum absolute atomic E-state index is 0.0728. The normalized spacial score (nSPS) is 30.7. The Kier molecular flexibility index (Phi) is 3.37. The third kappa shape index (κ3) is 1.86. The van der Waals surface area contributed by atoms with Crippen molar-refractivity contribution in [1.29, 1.82) is 0 Å². The maximum atomic E-state index is 13.4. The van der Waals surface area contributed by atoms with E-state index >= 15 is 0 Å². The summed E-state index contributed by atoms with van der Waals surface area (Å²) < 4.78 is 0. The summed E-state index contributed by atoms with van der Waals surface area (Å²) in [6.07, 6.45) is 2.40. The van der Waals surface area contributed by atoms with E-state index in [1.807, 2.05) is 9.80 Å². The molecule has 1 aliphatic carbocycles. The number of rotatable bonds is 2. The van der Waals surface area contributed by atoms with E-state index in [0.29, 0.717) is 12.8 Å². The number of carbonyl (C=O) groups excluding carboxylic acids is 2. The first-order valence-corrected chi connectivity index (χ1v) is 9.35. The van der Waals surface area contributed by atoms with Crippen LogP contribution < -0.4 is 0 Å². The van der Waals surface area contributed by atoms with Gasteiger partial charge in [0.15, 0.2) is 0 Å². The van der Waals surface area contributed by atoms with Crippen LogP contribution in [0.5, 0.6) is 0 Å². The van der Waals surface area contributed by atoms with Crippen LogP contribution >= 0.6 is 0 Å². The van der Waals surface area contributed by atoms with Gasteiger partial charge >= 0.3 is 0 Å². The monoisotopic (exact) mass is 334 g/mol. The molecule has 3 rings (SSSR count). The van der Waals surface area contributed by atoms with Crippen molar-refractivity contribution in [3.63, 3.8) is 0 Å². The van der Waals surface area contributed by atoms with Gasteiger partial charge < -0.3 is 9.80 Å². The fourth-order valence-corrected chi connectivity index (χ4v) is 4.34. The van der Waals surface area contributed by atoms with E-state index in [2.05, 4.69) is 55.4 Å². The molecule has 0 unspecified atom stereocenters. The molecule has 24 heavy (non-hydrogen) atoms. The van der Waals surface area contributed by atoms with E-state index < -0.39 is 5.41 Å². The lowest BCUT2D eigenvalue weighted by Crippen LogP contribution is -2.77. The van der Waals surface area contributed by atoms with Crippen LogP contribution in [0.4, 0.5) is 0 Å². The van der Waals surface area contributed by atoms with Crippen molar-refractivity contribution in [2.45, 2.75) is 85.7 Å². The van der Waals surface area contributed by atoms with E-state index in [-0.39, 0.29) is 33.7 Å². The van der Waals surface area contributed by atoms with Crippen molar-refractivity contribution in [3.05, 3.63) is 0 Å². The molecular weight excluding hydrogens is 300 g/mol. The lowest BCUT2D eigenvalue weighted by atomic mass is 9.58. The van der Waals surface area contributed by atoms with Crippen molar-refractivity contribution in [3.8, 4) is 0 Å². The van der Waals surface area contributed by atoms with E-state index in [4.69, 9.17) is 0 Å². The topological polar surface area (TPSA) is 40.6 Å². The van der Waals surface area contributed by atoms with Crippen molar-refractivity contribution < 1.29 is 9.59 Å². The number of carbonyl (C=O) groups is 2. The first-order valence-electron chi connectivity index (χ1n) is 9.35. The van der Waals surface area contributed by atoms with Gasteiger partial charge in [-0.3, -0.25) is 9.59 Å². The summed E-state index contributed by atoms with van der Waals surface area (Å²) in [6.45, 7) is 18.8. The number of hydrogen-bond donors (Lipinski definition) is 0. The SMILES string of the molecule is CC1(C)CN(C(=O)C2(C(=O)N3CC(C)(C)C3(C)C)CCC2)C1(C)C. The molecule has 0 bridgehead atoms. The Balaban J connectivity index is 1.84. The number of nitrogens with zero attached hydrogens (tertiary/aromatic N) is 2. The Labute approximate surface area is 146 Å². The minimum atomic E-state index is -0.790. The summed E-state index contributed by atoms with van der Waals surface area (Å²) in [5.41, 5.74) is -0.946. The Bertz CT molecular complexity index is 549. The van der Waals surface area contributed by atoms with Crippen molar-refractivity contribution in [1.82, 2.24) is 9.80 Å². The summed E-state index contributed by atoms with van der Waals surface area (Å²) in [4.78, 5) is 30.7. The fraction of sp³-hybridized carbons (Fsp3) is 0.900. The molecule has 2 aliphatic heterocycles. The molecule has 0 N–H and O–H groups in total. The molecule has 2 amide bonds. The maximum Gasteiger partial charge on any atom is 0.238 e. The zero-order chi connectivity index (χ0) is 18.3. The van der Waals surface area contributed by atoms with Crippen LogP contribution in [0.25, 0.3) is 0 Å². The van der Waals surface area contributed by atoms with Crippen molar-refractivity contribution >= 4 is 11.8 Å². The van der Waals surface area contributed by atoms with Crippen LogP contribution in [0, 0.1) is 16.2 Å². The van der Waals surface area contributed by atoms with Crippen molar-refractivity contribution in [2.24, 2.45) is 16.2 Å². The Morgan fingerprint density at radius 3 is 1.17 bits per heavy atom. The predicted octanol–water partition coefficient (Wildman–Crippen LogP) is 3.45. The lowest BCUT2D eigenvalue weighted by Gasteiger charge is -2.66. The fourth-order valence-electron chi connectivity index (χ4n) is 4.34. The molecule has 3 fully saturated rings. The third-order valence-electron chi connectivity index (χ3n) is 8.28. The van der Waals surface area contributed by atoms with Crippen molar-refractivity contribution in [2.75, 3.05) is 13.1 Å². The number of amides is 2. The molecule has 0 atom stereocenters. The van der Waals surface area contributed by atoms with E-state index in [0.717, 1.165) is 19.5 Å². The Hall–Kier alpha value is -1.06. The van der Waals surface area contributed by atoms with Crippen LogP contribution in [-0.2, 0) is 9.59 Å². The van der Waals surface area contributed by atoms with Crippen LogP contribution in [0.15, 0.2) is 0 Å². The van der Waals surface area contributed by atoms with Crippen LogP contribution in [0.1, 0.15) is 74.7 Å². The summed E-state index contributed by atoms with van der Waals surface area (Å²) >= 11 is 0. The Morgan fingerprint density at radius 2 is 1.00 bits per heavy atom. The number of likely N-dealkylation sites (tertiary alicyclic amines) is 2. The highest BCUT2D eigenvalue weighted by atomic mass is 16.2. The van der Waals surface area contributed by atoms with E-state index in [9.17, 15) is 9.59 Å². The van der Waals surface area contributed by atoms with Gasteiger partial charge in [0.1, 0.15) is 5.41 Å². The first kappa shape index (κ1) is 17.8. The molecule has 3 aliphatic rings. The highest BCUT2D eigenvalue weighted by molar-refractivity contribution is 6.07. The molecule has 0 aromatic rings. The second kappa shape index (κ2) is 4.56. The molecule has 0 aromatic carbocycles. The highest BCUT2D eigenvalue weighted by Gasteiger charge is 2.65. The standard InChI is InChI=1S/C20H34N2O2/c1-16(2)12-21(18(16,5)6)14(23)20(10-9-11-20)15(24)22-13-17(3,4)19(22,7)8/h9-13H2,1-8H3. The largest absolute Gasteiger partial charge is 0.335 e. The quantitative estimate of drug-likeness (QED) is 0.726. The molecule has 0 radical (unpaired) electrons. The van der Waals surface area contributed by atoms with Gasteiger partial charge in [0.2, 0.25) is 11.8 Å². The van der Waals surface area contributed by atoms with Gasteiger partial charge in [-0.05, 0) is 40.5 Å². The zero-order valence-electron chi connectivity index (χ0n) is 16.7. The molecule has 2 heterocycles. The molecule has 1 saturated carbocycles. The van der Waals surface area contributed by atoms with Crippen LogP contribution in [0.3, 0.4) is 0 Å². The lowest BCUT2D eigenvalue weighted by molar-refractivity contribution is -0.200. The molecule has 4 nitrogen and oxygen atoms in total. The van der Waals surface area contributed by atoms with Gasteiger partial charge in [0.25, 0.3) is 0 Å². The second-order valence-electron chi connectivity index (χ2n) is 10.6. The zero-order valence-corrected chi connectivity index (χ0v) is 16.7. The number of hydrogen-bond acceptors (Lipinski definition) is 2.